The third-order valence-electron chi connectivity index (χ3n) is 1.55. The molecule has 0 N–H and O–H groups in total. The van der Waals surface area contributed by atoms with Crippen LogP contribution in [0.4, 0.5) is 0 Å². The summed E-state index contributed by atoms with van der Waals surface area (Å²) in [6.45, 7) is 5.50. The fourth-order valence-corrected chi connectivity index (χ4v) is 0.779. The van der Waals surface area contributed by atoms with Gasteiger partial charge in [0.25, 0.3) is 0 Å². The molecule has 3 nitrogen and oxygen atoms in total. The number of aryl methyl sites for hydroxylation is 1. The van der Waals surface area contributed by atoms with Crippen molar-refractivity contribution in [1.29, 1.82) is 0 Å². The predicted molar refractivity (Wildman–Crippen MR) is 43.7 cm³/mol. The smallest absolute Gasteiger partial charge is 0.150 e. The van der Waals surface area contributed by atoms with Crippen molar-refractivity contribution in [3.05, 3.63) is 36.4 Å². The van der Waals surface area contributed by atoms with Crippen LogP contribution in [0.2, 0.25) is 0 Å². The molecule has 1 heterocycles. The van der Waals surface area contributed by atoms with E-state index in [1.54, 1.807) is 12.4 Å². The Bertz CT molecular complexity index is 322. The summed E-state index contributed by atoms with van der Waals surface area (Å²) in [5.74, 6) is 0. The van der Waals surface area contributed by atoms with Crippen LogP contribution in [-0.2, 0) is 7.05 Å². The van der Waals surface area contributed by atoms with Crippen molar-refractivity contribution in [2.75, 3.05) is 0 Å². The standard InChI is InChI=1S/C8H11N3/c1-4-10-8-6-9-5-7(2)11(8)3/h4-6H,1H2,2-3H3. The summed E-state index contributed by atoms with van der Waals surface area (Å²) in [6.07, 6.45) is 5.01. The molecular weight excluding hydrogens is 138 g/mol. The van der Waals surface area contributed by atoms with Gasteiger partial charge < -0.3 is 4.57 Å². The zero-order chi connectivity index (χ0) is 8.27. The highest BCUT2D eigenvalue weighted by Gasteiger charge is 1.88. The molecule has 0 radical (unpaired) electrons. The summed E-state index contributed by atoms with van der Waals surface area (Å²) < 4.78 is 1.95. The molecule has 0 saturated carbocycles. The van der Waals surface area contributed by atoms with E-state index in [1.165, 1.54) is 6.20 Å². The van der Waals surface area contributed by atoms with Gasteiger partial charge in [-0.3, -0.25) is 4.98 Å². The number of aromatic nitrogens is 2. The monoisotopic (exact) mass is 149 g/mol. The van der Waals surface area contributed by atoms with Gasteiger partial charge in [-0.15, -0.1) is 0 Å². The van der Waals surface area contributed by atoms with Crippen molar-refractivity contribution in [1.82, 2.24) is 9.55 Å². The third kappa shape index (κ3) is 1.55. The summed E-state index contributed by atoms with van der Waals surface area (Å²) in [5.41, 5.74) is 1.90. The molecule has 1 rings (SSSR count). The van der Waals surface area contributed by atoms with Crippen LogP contribution in [0, 0.1) is 6.92 Å². The average molecular weight is 149 g/mol. The molecule has 0 spiro atoms. The molecule has 0 aliphatic carbocycles. The average Bonchev–Trinajstić information content (AvgIpc) is 1.99. The van der Waals surface area contributed by atoms with Gasteiger partial charge in [-0.05, 0) is 6.92 Å². The molecule has 0 aliphatic heterocycles. The van der Waals surface area contributed by atoms with E-state index < -0.39 is 0 Å². The zero-order valence-electron chi connectivity index (χ0n) is 6.78. The van der Waals surface area contributed by atoms with Gasteiger partial charge in [0.15, 0.2) is 5.49 Å². The molecule has 0 amide bonds. The summed E-state index contributed by atoms with van der Waals surface area (Å²) in [7, 11) is 1.94. The Labute approximate surface area is 65.7 Å². The van der Waals surface area contributed by atoms with E-state index in [-0.39, 0.29) is 0 Å². The maximum Gasteiger partial charge on any atom is 0.150 e. The van der Waals surface area contributed by atoms with E-state index >= 15 is 0 Å². The van der Waals surface area contributed by atoms with Crippen LogP contribution in [-0.4, -0.2) is 9.55 Å². The maximum absolute atomic E-state index is 4.03. The van der Waals surface area contributed by atoms with Gasteiger partial charge in [0, 0.05) is 25.1 Å². The molecular formula is C8H11N3. The highest BCUT2D eigenvalue weighted by molar-refractivity contribution is 4.94. The minimum absolute atomic E-state index is 0.819. The second kappa shape index (κ2) is 3.14. The molecule has 0 bridgehead atoms. The molecule has 0 aromatic carbocycles. The van der Waals surface area contributed by atoms with Gasteiger partial charge in [0.05, 0.1) is 6.20 Å². The molecule has 0 fully saturated rings. The zero-order valence-corrected chi connectivity index (χ0v) is 6.78. The van der Waals surface area contributed by atoms with E-state index in [0.29, 0.717) is 0 Å². The van der Waals surface area contributed by atoms with E-state index in [4.69, 9.17) is 0 Å². The summed E-state index contributed by atoms with van der Waals surface area (Å²) in [4.78, 5) is 8.03. The Balaban J connectivity index is 3.39. The molecule has 1 aromatic rings. The first-order valence-electron chi connectivity index (χ1n) is 3.38. The lowest BCUT2D eigenvalue weighted by Crippen LogP contribution is -2.19. The summed E-state index contributed by atoms with van der Waals surface area (Å²) >= 11 is 0. The molecule has 1 aromatic heterocycles. The van der Waals surface area contributed by atoms with Crippen molar-refractivity contribution in [3.63, 3.8) is 0 Å². The Morgan fingerprint density at radius 1 is 1.64 bits per heavy atom. The Hall–Kier alpha value is -1.38. The first-order chi connectivity index (χ1) is 5.25. The van der Waals surface area contributed by atoms with E-state index in [1.807, 2.05) is 18.5 Å². The maximum atomic E-state index is 4.03. The largest absolute Gasteiger partial charge is 0.331 e. The number of hydrogen-bond acceptors (Lipinski definition) is 2. The third-order valence-corrected chi connectivity index (χ3v) is 1.55. The predicted octanol–water partition coefficient (Wildman–Crippen LogP) is 0.773. The van der Waals surface area contributed by atoms with Gasteiger partial charge in [-0.25, -0.2) is 4.99 Å². The highest BCUT2D eigenvalue weighted by atomic mass is 15.0. The Morgan fingerprint density at radius 2 is 2.36 bits per heavy atom. The van der Waals surface area contributed by atoms with Crippen LogP contribution >= 0.6 is 0 Å². The molecule has 0 unspecified atom stereocenters. The fourth-order valence-electron chi connectivity index (χ4n) is 0.779. The van der Waals surface area contributed by atoms with Gasteiger partial charge in [-0.2, -0.15) is 0 Å². The molecule has 58 valence electrons. The molecule has 3 heteroatoms. The van der Waals surface area contributed by atoms with E-state index in [0.717, 1.165) is 11.2 Å². The van der Waals surface area contributed by atoms with Gasteiger partial charge >= 0.3 is 0 Å². The van der Waals surface area contributed by atoms with Crippen LogP contribution < -0.4 is 5.49 Å². The van der Waals surface area contributed by atoms with Crippen LogP contribution in [0.5, 0.6) is 0 Å². The lowest BCUT2D eigenvalue weighted by Gasteiger charge is -2.01. The van der Waals surface area contributed by atoms with Crippen LogP contribution in [0.25, 0.3) is 0 Å². The normalized spacial score (nSPS) is 11.6. The van der Waals surface area contributed by atoms with Gasteiger partial charge in [-0.1, -0.05) is 6.58 Å². The fraction of sp³-hybridized carbons (Fsp3) is 0.250. The van der Waals surface area contributed by atoms with Crippen LogP contribution in [0.3, 0.4) is 0 Å². The van der Waals surface area contributed by atoms with Crippen molar-refractivity contribution in [2.45, 2.75) is 6.92 Å². The number of rotatable bonds is 1. The quantitative estimate of drug-likeness (QED) is 0.580. The highest BCUT2D eigenvalue weighted by Crippen LogP contribution is 1.85. The lowest BCUT2D eigenvalue weighted by molar-refractivity contribution is 0.778. The SMILES string of the molecule is C=CN=c1cncc(C)n1C. The number of nitrogens with zero attached hydrogens (tertiary/aromatic N) is 3. The summed E-state index contributed by atoms with van der Waals surface area (Å²) in [5, 5.41) is 0. The van der Waals surface area contributed by atoms with Gasteiger partial charge in [0.2, 0.25) is 0 Å². The summed E-state index contributed by atoms with van der Waals surface area (Å²) in [6, 6.07) is 0. The molecule has 11 heavy (non-hydrogen) atoms. The molecule has 0 aliphatic rings. The first-order valence-corrected chi connectivity index (χ1v) is 3.38. The first kappa shape index (κ1) is 7.72. The molecule has 0 atom stereocenters. The van der Waals surface area contributed by atoms with Gasteiger partial charge in [0.1, 0.15) is 0 Å². The topological polar surface area (TPSA) is 30.2 Å². The van der Waals surface area contributed by atoms with Crippen LogP contribution in [0.1, 0.15) is 5.69 Å². The van der Waals surface area contributed by atoms with Crippen LogP contribution in [0.15, 0.2) is 30.2 Å². The molecule has 0 saturated heterocycles. The Kier molecular flexibility index (Phi) is 2.21. The number of hydrogen-bond donors (Lipinski definition) is 0. The second-order valence-corrected chi connectivity index (χ2v) is 2.28. The van der Waals surface area contributed by atoms with E-state index in [2.05, 4.69) is 16.6 Å². The van der Waals surface area contributed by atoms with Crippen molar-refractivity contribution >= 4 is 0 Å². The minimum atomic E-state index is 0.819. The minimum Gasteiger partial charge on any atom is -0.331 e. The van der Waals surface area contributed by atoms with Crippen molar-refractivity contribution in [2.24, 2.45) is 12.0 Å². The van der Waals surface area contributed by atoms with E-state index in [9.17, 15) is 0 Å². The lowest BCUT2D eigenvalue weighted by atomic mass is 10.5. The van der Waals surface area contributed by atoms with Crippen molar-refractivity contribution < 1.29 is 0 Å². The van der Waals surface area contributed by atoms with Crippen molar-refractivity contribution in [3.8, 4) is 0 Å². The second-order valence-electron chi connectivity index (χ2n) is 2.28. The Morgan fingerprint density at radius 3 is 3.00 bits per heavy atom.